The number of aliphatic hydroxyl groups is 3. The zero-order valence-corrected chi connectivity index (χ0v) is 22.1. The van der Waals surface area contributed by atoms with Gasteiger partial charge in [-0.2, -0.15) is 12.6 Å². The van der Waals surface area contributed by atoms with Gasteiger partial charge in [-0.15, -0.1) is 0 Å². The summed E-state index contributed by atoms with van der Waals surface area (Å²) in [6.45, 7) is -0.943. The van der Waals surface area contributed by atoms with Gasteiger partial charge < -0.3 is 52.0 Å². The Balaban J connectivity index is 0.000000280. The van der Waals surface area contributed by atoms with E-state index in [1.807, 2.05) is 0 Å². The molecule has 0 aromatic carbocycles. The van der Waals surface area contributed by atoms with E-state index in [2.05, 4.69) is 43.5 Å². The number of amides is 2. The molecule has 0 saturated carbocycles. The number of carboxylic acids is 2. The highest BCUT2D eigenvalue weighted by Crippen LogP contribution is 2.31. The Kier molecular flexibility index (Phi) is 12.4. The summed E-state index contributed by atoms with van der Waals surface area (Å²) in [5.41, 5.74) is 6.24. The van der Waals surface area contributed by atoms with Gasteiger partial charge in [0.1, 0.15) is 48.8 Å². The molecule has 6 atom stereocenters. The lowest BCUT2D eigenvalue weighted by Crippen LogP contribution is -2.49. The number of nitrogens with two attached hydrogens (primary N) is 1. The molecule has 19 heteroatoms. The number of nitrogens with zero attached hydrogens (tertiary/aromatic N) is 4. The average Bonchev–Trinajstić information content (AvgIpc) is 3.49. The van der Waals surface area contributed by atoms with Crippen LogP contribution >= 0.6 is 12.6 Å². The van der Waals surface area contributed by atoms with E-state index in [0.717, 1.165) is 0 Å². The van der Waals surface area contributed by atoms with Gasteiger partial charge in [0.15, 0.2) is 17.7 Å². The number of imidazole rings is 1. The fourth-order valence-electron chi connectivity index (χ4n) is 3.49. The molecular formula is C21H32N8O10S. The number of ether oxygens (including phenoxy) is 1. The van der Waals surface area contributed by atoms with Crippen molar-refractivity contribution in [1.82, 2.24) is 30.2 Å². The number of carbonyl (C=O) groups excluding carboxylic acids is 2. The van der Waals surface area contributed by atoms with Gasteiger partial charge in [0.2, 0.25) is 11.8 Å². The fraction of sp³-hybridized carbons (Fsp3) is 0.571. The van der Waals surface area contributed by atoms with Crippen molar-refractivity contribution in [2.24, 2.45) is 5.73 Å². The molecule has 1 aliphatic rings. The summed E-state index contributed by atoms with van der Waals surface area (Å²) < 4.78 is 6.97. The van der Waals surface area contributed by atoms with E-state index in [1.54, 1.807) is 7.05 Å². The van der Waals surface area contributed by atoms with Gasteiger partial charge in [-0.3, -0.25) is 23.7 Å². The molecule has 1 aliphatic heterocycles. The van der Waals surface area contributed by atoms with Gasteiger partial charge in [-0.25, -0.2) is 15.0 Å². The number of nitrogens with one attached hydrogen (secondary N) is 3. The second-order valence-electron chi connectivity index (χ2n) is 8.42. The van der Waals surface area contributed by atoms with Crippen LogP contribution in [0.2, 0.25) is 0 Å². The normalized spacial score (nSPS) is 21.6. The number of thiol groups is 1. The standard InChI is InChI=1S/C11H15N5O4.C10H17N3O6S/c1-12-9-6-10(14-3-13-9)16(4-15-6)11-8(19)7(18)5(2-17)20-11;11-5(10(18)19)1-2-7(14)13-6(4-20)9(17)12-3-8(15)16/h3-5,7-8,11,17-19H,2H2,1H3,(H,12,13,14);5-6,20H,1-4,11H2,(H,12,17)(H,13,14)(H,15,16)(H,18,19)/t5-,7-,8-,11-;/m1./s1. The van der Waals surface area contributed by atoms with Crippen molar-refractivity contribution >= 4 is 53.4 Å². The zero-order chi connectivity index (χ0) is 30.0. The van der Waals surface area contributed by atoms with Crippen LogP contribution in [0.4, 0.5) is 5.82 Å². The minimum Gasteiger partial charge on any atom is -0.480 e. The molecule has 18 nitrogen and oxygen atoms in total. The Morgan fingerprint density at radius 3 is 2.42 bits per heavy atom. The number of hydrogen-bond donors (Lipinski definition) is 10. The van der Waals surface area contributed by atoms with Gasteiger partial charge in [0, 0.05) is 19.2 Å². The van der Waals surface area contributed by atoms with Gasteiger partial charge in [0.25, 0.3) is 0 Å². The molecular weight excluding hydrogens is 556 g/mol. The van der Waals surface area contributed by atoms with E-state index < -0.39 is 66.9 Å². The lowest BCUT2D eigenvalue weighted by Gasteiger charge is -2.16. The lowest BCUT2D eigenvalue weighted by atomic mass is 10.1. The molecule has 3 heterocycles. The monoisotopic (exact) mass is 588 g/mol. The number of carbonyl (C=O) groups is 4. The van der Waals surface area contributed by atoms with Crippen molar-refractivity contribution in [2.75, 3.05) is 31.3 Å². The van der Waals surface area contributed by atoms with E-state index in [1.165, 1.54) is 17.2 Å². The zero-order valence-electron chi connectivity index (χ0n) is 21.2. The van der Waals surface area contributed by atoms with Crippen LogP contribution in [0.1, 0.15) is 19.1 Å². The molecule has 40 heavy (non-hydrogen) atoms. The first-order valence-corrected chi connectivity index (χ1v) is 12.4. The molecule has 2 amide bonds. The van der Waals surface area contributed by atoms with Crippen LogP contribution in [-0.2, 0) is 23.9 Å². The van der Waals surface area contributed by atoms with Crippen LogP contribution in [0.15, 0.2) is 12.7 Å². The molecule has 2 unspecified atom stereocenters. The highest BCUT2D eigenvalue weighted by atomic mass is 32.1. The number of rotatable bonds is 12. The summed E-state index contributed by atoms with van der Waals surface area (Å²) >= 11 is 3.87. The van der Waals surface area contributed by atoms with E-state index in [9.17, 15) is 29.4 Å². The maximum absolute atomic E-state index is 11.5. The number of aliphatic carboxylic acids is 2. The predicted octanol–water partition coefficient (Wildman–Crippen LogP) is -3.73. The highest BCUT2D eigenvalue weighted by molar-refractivity contribution is 7.80. The summed E-state index contributed by atoms with van der Waals surface area (Å²) in [5, 5.41) is 53.2. The quantitative estimate of drug-likeness (QED) is 0.107. The number of anilines is 1. The van der Waals surface area contributed by atoms with Crippen LogP contribution in [-0.4, -0.2) is 125 Å². The minimum absolute atomic E-state index is 0.0256. The summed E-state index contributed by atoms with van der Waals surface area (Å²) in [5.74, 6) is -3.15. The second-order valence-corrected chi connectivity index (χ2v) is 8.79. The van der Waals surface area contributed by atoms with Crippen LogP contribution < -0.4 is 21.7 Å². The van der Waals surface area contributed by atoms with Crippen LogP contribution in [0, 0.1) is 0 Å². The van der Waals surface area contributed by atoms with Crippen LogP contribution in [0.3, 0.4) is 0 Å². The molecule has 3 rings (SSSR count). The van der Waals surface area contributed by atoms with Crippen molar-refractivity contribution in [1.29, 1.82) is 0 Å². The Labute approximate surface area is 232 Å². The average molecular weight is 589 g/mol. The SMILES string of the molecule is CNc1ncnc2c1ncn2[C@@H]1O[C@H](CO)[C@@H](O)[C@H]1O.NC(CCC(=O)NC(CS)C(=O)NCC(=O)O)C(=O)O. The van der Waals surface area contributed by atoms with Crippen molar-refractivity contribution in [3.8, 4) is 0 Å². The lowest BCUT2D eigenvalue weighted by molar-refractivity contribution is -0.139. The number of fused-ring (bicyclic) bond motifs is 1. The third-order valence-corrected chi connectivity index (χ3v) is 6.00. The first-order valence-electron chi connectivity index (χ1n) is 11.8. The van der Waals surface area contributed by atoms with E-state index >= 15 is 0 Å². The first kappa shape index (κ1) is 32.6. The van der Waals surface area contributed by atoms with E-state index in [0.29, 0.717) is 17.0 Å². The Morgan fingerprint density at radius 1 is 1.18 bits per heavy atom. The van der Waals surface area contributed by atoms with E-state index in [4.69, 9.17) is 25.8 Å². The summed E-state index contributed by atoms with van der Waals surface area (Å²) in [4.78, 5) is 56.1. The topological polar surface area (TPSA) is 284 Å². The van der Waals surface area contributed by atoms with E-state index in [-0.39, 0.29) is 25.2 Å². The van der Waals surface area contributed by atoms with Crippen molar-refractivity contribution < 1.29 is 49.4 Å². The third kappa shape index (κ3) is 8.44. The summed E-state index contributed by atoms with van der Waals surface area (Å²) in [6.07, 6.45) is -1.43. The second kappa shape index (κ2) is 15.2. The molecule has 10 N–H and O–H groups in total. The molecule has 0 aliphatic carbocycles. The smallest absolute Gasteiger partial charge is 0.322 e. The first-order chi connectivity index (χ1) is 18.9. The maximum atomic E-state index is 11.5. The molecule has 1 saturated heterocycles. The minimum atomic E-state index is -1.22. The molecule has 0 spiro atoms. The Bertz CT molecular complexity index is 1180. The number of aliphatic hydroxyl groups excluding tert-OH is 3. The fourth-order valence-corrected chi connectivity index (χ4v) is 3.74. The van der Waals surface area contributed by atoms with Gasteiger partial charge in [0.05, 0.1) is 12.9 Å². The molecule has 1 fully saturated rings. The van der Waals surface area contributed by atoms with Gasteiger partial charge in [-0.1, -0.05) is 0 Å². The van der Waals surface area contributed by atoms with Crippen LogP contribution in [0.25, 0.3) is 11.2 Å². The largest absolute Gasteiger partial charge is 0.480 e. The molecule has 2 aromatic rings. The number of aromatic nitrogens is 4. The maximum Gasteiger partial charge on any atom is 0.322 e. The molecule has 0 radical (unpaired) electrons. The molecule has 222 valence electrons. The van der Waals surface area contributed by atoms with Gasteiger partial charge >= 0.3 is 11.9 Å². The van der Waals surface area contributed by atoms with Crippen molar-refractivity contribution in [3.05, 3.63) is 12.7 Å². The van der Waals surface area contributed by atoms with Gasteiger partial charge in [-0.05, 0) is 6.42 Å². The summed E-state index contributed by atoms with van der Waals surface area (Å²) in [7, 11) is 1.72. The Hall–Kier alpha value is -3.62. The molecule has 0 bridgehead atoms. The van der Waals surface area contributed by atoms with Crippen molar-refractivity contribution in [3.63, 3.8) is 0 Å². The number of hydrogen-bond acceptors (Lipinski definition) is 14. The molecule has 2 aromatic heterocycles. The Morgan fingerprint density at radius 2 is 1.88 bits per heavy atom. The number of carboxylic acid groups (broad SMARTS) is 2. The predicted molar refractivity (Wildman–Crippen MR) is 139 cm³/mol. The summed E-state index contributed by atoms with van der Waals surface area (Å²) in [6, 6.07) is -2.15. The van der Waals surface area contributed by atoms with Crippen LogP contribution in [0.5, 0.6) is 0 Å². The highest BCUT2D eigenvalue weighted by Gasteiger charge is 2.44. The van der Waals surface area contributed by atoms with Crippen molar-refractivity contribution in [2.45, 2.75) is 49.5 Å². The third-order valence-electron chi connectivity index (χ3n) is 5.63.